The summed E-state index contributed by atoms with van der Waals surface area (Å²) < 4.78 is 11.7. The van der Waals surface area contributed by atoms with E-state index in [4.69, 9.17) is 14.3 Å². The minimum atomic E-state index is -0.410. The van der Waals surface area contributed by atoms with Gasteiger partial charge >= 0.3 is 5.97 Å². The Morgan fingerprint density at radius 2 is 1.84 bits per heavy atom. The molecule has 3 rings (SSSR count). The molecule has 0 bridgehead atoms. The number of oxime groups is 1. The Morgan fingerprint density at radius 3 is 2.55 bits per heavy atom. The number of carbonyl (C=O) groups excluding carboxylic acids is 1. The standard InChI is InChI=1S/C23H25N3O5/c1-4-19(16-10-12-17(13-11-16)30-15-22(27)29-5-2)25-31-14-21-24-20-9-7-6-8-18(20)23(28)26(21)3/h6-13H,4-5,14-15H2,1-3H3/b25-19+. The Labute approximate surface area is 180 Å². The highest BCUT2D eigenvalue weighted by Crippen LogP contribution is 2.15. The lowest BCUT2D eigenvalue weighted by Crippen LogP contribution is -2.22. The van der Waals surface area contributed by atoms with Crippen LogP contribution in [0.25, 0.3) is 10.9 Å². The van der Waals surface area contributed by atoms with Crippen LogP contribution in [0.15, 0.2) is 58.5 Å². The molecule has 8 heteroatoms. The third kappa shape index (κ3) is 5.48. The number of carbonyl (C=O) groups is 1. The zero-order chi connectivity index (χ0) is 22.2. The third-order valence-corrected chi connectivity index (χ3v) is 4.63. The van der Waals surface area contributed by atoms with E-state index in [-0.39, 0.29) is 18.8 Å². The van der Waals surface area contributed by atoms with Crippen LogP contribution in [0.4, 0.5) is 0 Å². The van der Waals surface area contributed by atoms with Gasteiger partial charge in [-0.2, -0.15) is 0 Å². The average Bonchev–Trinajstić information content (AvgIpc) is 2.79. The van der Waals surface area contributed by atoms with Crippen molar-refractivity contribution in [3.05, 3.63) is 70.3 Å². The molecule has 31 heavy (non-hydrogen) atoms. The van der Waals surface area contributed by atoms with Crippen molar-refractivity contribution in [2.75, 3.05) is 13.2 Å². The number of hydrogen-bond donors (Lipinski definition) is 0. The monoisotopic (exact) mass is 423 g/mol. The van der Waals surface area contributed by atoms with Gasteiger partial charge in [0.2, 0.25) is 0 Å². The van der Waals surface area contributed by atoms with E-state index in [0.29, 0.717) is 35.5 Å². The highest BCUT2D eigenvalue weighted by Gasteiger charge is 2.09. The Bertz CT molecular complexity index is 1140. The zero-order valence-corrected chi connectivity index (χ0v) is 17.8. The molecule has 0 aliphatic carbocycles. The molecule has 1 heterocycles. The summed E-state index contributed by atoms with van der Waals surface area (Å²) in [5.74, 6) is 0.640. The first-order chi connectivity index (χ1) is 15.0. The minimum Gasteiger partial charge on any atom is -0.482 e. The summed E-state index contributed by atoms with van der Waals surface area (Å²) in [6.07, 6.45) is 0.646. The van der Waals surface area contributed by atoms with Crippen LogP contribution in [-0.4, -0.2) is 34.4 Å². The van der Waals surface area contributed by atoms with Crippen LogP contribution in [0.1, 0.15) is 31.7 Å². The quantitative estimate of drug-likeness (QED) is 0.298. The Balaban J connectivity index is 1.67. The molecule has 8 nitrogen and oxygen atoms in total. The van der Waals surface area contributed by atoms with Gasteiger partial charge in [0, 0.05) is 7.05 Å². The molecule has 1 aromatic heterocycles. The molecule has 0 fully saturated rings. The van der Waals surface area contributed by atoms with Gasteiger partial charge in [-0.1, -0.05) is 24.2 Å². The molecule has 0 aliphatic rings. The van der Waals surface area contributed by atoms with Crippen LogP contribution in [0.3, 0.4) is 0 Å². The number of hydrogen-bond acceptors (Lipinski definition) is 7. The lowest BCUT2D eigenvalue weighted by Gasteiger charge is -2.10. The molecule has 0 N–H and O–H groups in total. The van der Waals surface area contributed by atoms with Gasteiger partial charge in [0.05, 0.1) is 23.2 Å². The fraction of sp³-hybridized carbons (Fsp3) is 0.304. The van der Waals surface area contributed by atoms with Crippen molar-refractivity contribution >= 4 is 22.6 Å². The second-order valence-electron chi connectivity index (χ2n) is 6.69. The molecule has 3 aromatic rings. The Kier molecular flexibility index (Phi) is 7.37. The lowest BCUT2D eigenvalue weighted by molar-refractivity contribution is -0.145. The number of fused-ring (bicyclic) bond motifs is 1. The van der Waals surface area contributed by atoms with Crippen molar-refractivity contribution in [1.82, 2.24) is 9.55 Å². The summed E-state index contributed by atoms with van der Waals surface area (Å²) in [7, 11) is 1.67. The molecule has 0 saturated heterocycles. The molecule has 2 aromatic carbocycles. The number of esters is 1. The van der Waals surface area contributed by atoms with E-state index in [9.17, 15) is 9.59 Å². The van der Waals surface area contributed by atoms with Crippen LogP contribution >= 0.6 is 0 Å². The maximum absolute atomic E-state index is 12.5. The number of nitrogens with zero attached hydrogens (tertiary/aromatic N) is 3. The van der Waals surface area contributed by atoms with Gasteiger partial charge in [-0.3, -0.25) is 9.36 Å². The van der Waals surface area contributed by atoms with Crippen molar-refractivity contribution in [2.45, 2.75) is 26.9 Å². The summed E-state index contributed by atoms with van der Waals surface area (Å²) in [4.78, 5) is 33.9. The van der Waals surface area contributed by atoms with E-state index < -0.39 is 5.97 Å². The highest BCUT2D eigenvalue weighted by atomic mass is 16.6. The molecule has 0 radical (unpaired) electrons. The van der Waals surface area contributed by atoms with E-state index in [1.54, 1.807) is 38.2 Å². The highest BCUT2D eigenvalue weighted by molar-refractivity contribution is 6.00. The van der Waals surface area contributed by atoms with Gasteiger partial charge in [-0.15, -0.1) is 0 Å². The van der Waals surface area contributed by atoms with Crippen molar-refractivity contribution in [3.63, 3.8) is 0 Å². The van der Waals surface area contributed by atoms with Gasteiger partial charge in [0.1, 0.15) is 5.75 Å². The van der Waals surface area contributed by atoms with Crippen molar-refractivity contribution < 1.29 is 19.1 Å². The van der Waals surface area contributed by atoms with Crippen molar-refractivity contribution in [3.8, 4) is 5.75 Å². The summed E-state index contributed by atoms with van der Waals surface area (Å²) in [5, 5.41) is 4.80. The zero-order valence-electron chi connectivity index (χ0n) is 17.8. The fourth-order valence-electron chi connectivity index (χ4n) is 2.97. The maximum Gasteiger partial charge on any atom is 0.344 e. The lowest BCUT2D eigenvalue weighted by atomic mass is 10.1. The first kappa shape index (κ1) is 22.0. The van der Waals surface area contributed by atoms with E-state index in [1.807, 2.05) is 31.2 Å². The van der Waals surface area contributed by atoms with Gasteiger partial charge in [0.15, 0.2) is 19.0 Å². The molecular weight excluding hydrogens is 398 g/mol. The molecule has 0 spiro atoms. The molecule has 0 atom stereocenters. The maximum atomic E-state index is 12.5. The first-order valence-corrected chi connectivity index (χ1v) is 10.1. The van der Waals surface area contributed by atoms with E-state index in [0.717, 1.165) is 11.3 Å². The molecule has 0 amide bonds. The van der Waals surface area contributed by atoms with E-state index >= 15 is 0 Å². The number of ether oxygens (including phenoxy) is 2. The van der Waals surface area contributed by atoms with Crippen molar-refractivity contribution in [1.29, 1.82) is 0 Å². The van der Waals surface area contributed by atoms with Gasteiger partial charge < -0.3 is 14.3 Å². The van der Waals surface area contributed by atoms with E-state index in [1.165, 1.54) is 4.57 Å². The average molecular weight is 423 g/mol. The largest absolute Gasteiger partial charge is 0.482 e. The molecule has 162 valence electrons. The number of benzene rings is 2. The van der Waals surface area contributed by atoms with Gasteiger partial charge in [-0.25, -0.2) is 9.78 Å². The molecule has 0 saturated carbocycles. The van der Waals surface area contributed by atoms with Gasteiger partial charge in [-0.05, 0) is 55.3 Å². The third-order valence-electron chi connectivity index (χ3n) is 4.63. The summed E-state index contributed by atoms with van der Waals surface area (Å²) in [6.45, 7) is 3.97. The van der Waals surface area contributed by atoms with E-state index in [2.05, 4.69) is 10.1 Å². The summed E-state index contributed by atoms with van der Waals surface area (Å²) in [6, 6.07) is 14.4. The van der Waals surface area contributed by atoms with Crippen LogP contribution in [0.5, 0.6) is 5.75 Å². The fourth-order valence-corrected chi connectivity index (χ4v) is 2.97. The predicted octanol–water partition coefficient (Wildman–Crippen LogP) is 3.21. The predicted molar refractivity (Wildman–Crippen MR) is 117 cm³/mol. The summed E-state index contributed by atoms with van der Waals surface area (Å²) in [5.41, 5.74) is 2.11. The van der Waals surface area contributed by atoms with Crippen LogP contribution < -0.4 is 10.3 Å². The van der Waals surface area contributed by atoms with Crippen LogP contribution in [0.2, 0.25) is 0 Å². The Hall–Kier alpha value is -3.68. The van der Waals surface area contributed by atoms with Crippen LogP contribution in [0, 0.1) is 0 Å². The molecular formula is C23H25N3O5. The second-order valence-corrected chi connectivity index (χ2v) is 6.69. The second kappa shape index (κ2) is 10.4. The Morgan fingerprint density at radius 1 is 1.10 bits per heavy atom. The number of rotatable bonds is 9. The topological polar surface area (TPSA) is 92.0 Å². The SMILES string of the molecule is CCOC(=O)COc1ccc(/C(CC)=N/OCc2nc3ccccc3c(=O)n2C)cc1. The smallest absolute Gasteiger partial charge is 0.344 e. The van der Waals surface area contributed by atoms with Gasteiger partial charge in [0.25, 0.3) is 5.56 Å². The normalized spacial score (nSPS) is 11.4. The minimum absolute atomic E-state index is 0.0702. The molecule has 0 aliphatic heterocycles. The number of aromatic nitrogens is 2. The number of para-hydroxylation sites is 1. The van der Waals surface area contributed by atoms with Crippen LogP contribution in [-0.2, 0) is 28.0 Å². The molecule has 0 unspecified atom stereocenters. The van der Waals surface area contributed by atoms with Crippen molar-refractivity contribution in [2.24, 2.45) is 12.2 Å². The first-order valence-electron chi connectivity index (χ1n) is 10.1. The summed E-state index contributed by atoms with van der Waals surface area (Å²) >= 11 is 0.